The quantitative estimate of drug-likeness (QED) is 0.730. The standard InChI is InChI=1S/C5H8BrClO2/c1-3(6)4(7)2-5(8)9/h3-4H,2H2,1H3,(H,8,9). The minimum atomic E-state index is -0.860. The third kappa shape index (κ3) is 4.73. The molecule has 0 radical (unpaired) electrons. The molecule has 2 unspecified atom stereocenters. The highest BCUT2D eigenvalue weighted by molar-refractivity contribution is 9.09. The predicted molar refractivity (Wildman–Crippen MR) is 40.3 cm³/mol. The molecule has 0 aliphatic heterocycles. The first-order chi connectivity index (χ1) is 4.04. The highest BCUT2D eigenvalue weighted by Gasteiger charge is 2.14. The second kappa shape index (κ2) is 4.12. The Balaban J connectivity index is 3.50. The molecule has 4 heteroatoms. The van der Waals surface area contributed by atoms with E-state index in [1.165, 1.54) is 0 Å². The smallest absolute Gasteiger partial charge is 0.304 e. The molecule has 1 N–H and O–H groups in total. The fraction of sp³-hybridized carbons (Fsp3) is 0.800. The van der Waals surface area contributed by atoms with Crippen molar-refractivity contribution in [1.29, 1.82) is 0 Å². The Morgan fingerprint density at radius 3 is 2.44 bits per heavy atom. The monoisotopic (exact) mass is 214 g/mol. The van der Waals surface area contributed by atoms with Gasteiger partial charge in [-0.2, -0.15) is 0 Å². The van der Waals surface area contributed by atoms with Crippen molar-refractivity contribution >= 4 is 33.5 Å². The molecular formula is C5H8BrClO2. The first-order valence-corrected chi connectivity index (χ1v) is 3.89. The Labute approximate surface area is 67.3 Å². The van der Waals surface area contributed by atoms with Crippen LogP contribution in [0.2, 0.25) is 0 Å². The molecule has 0 heterocycles. The van der Waals surface area contributed by atoms with Crippen molar-refractivity contribution in [2.75, 3.05) is 0 Å². The Morgan fingerprint density at radius 2 is 2.33 bits per heavy atom. The predicted octanol–water partition coefficient (Wildman–Crippen LogP) is 1.85. The van der Waals surface area contributed by atoms with E-state index in [1.807, 2.05) is 6.92 Å². The summed E-state index contributed by atoms with van der Waals surface area (Å²) >= 11 is 8.76. The molecule has 54 valence electrons. The maximum Gasteiger partial charge on any atom is 0.304 e. The van der Waals surface area contributed by atoms with E-state index < -0.39 is 5.97 Å². The highest BCUT2D eigenvalue weighted by Crippen LogP contribution is 2.14. The molecule has 0 fully saturated rings. The summed E-state index contributed by atoms with van der Waals surface area (Å²) in [5.41, 5.74) is 0. The highest BCUT2D eigenvalue weighted by atomic mass is 79.9. The first kappa shape index (κ1) is 9.24. The van der Waals surface area contributed by atoms with Crippen LogP contribution < -0.4 is 0 Å². The van der Waals surface area contributed by atoms with Crippen LogP contribution in [0.5, 0.6) is 0 Å². The third-order valence-electron chi connectivity index (χ3n) is 0.868. The van der Waals surface area contributed by atoms with Crippen LogP contribution in [0.1, 0.15) is 13.3 Å². The van der Waals surface area contributed by atoms with Gasteiger partial charge < -0.3 is 5.11 Å². The van der Waals surface area contributed by atoms with Crippen molar-refractivity contribution in [2.24, 2.45) is 0 Å². The van der Waals surface area contributed by atoms with E-state index in [2.05, 4.69) is 15.9 Å². The van der Waals surface area contributed by atoms with E-state index in [-0.39, 0.29) is 16.6 Å². The van der Waals surface area contributed by atoms with Crippen molar-refractivity contribution < 1.29 is 9.90 Å². The molecule has 0 rings (SSSR count). The van der Waals surface area contributed by atoms with Crippen LogP contribution in [-0.2, 0) is 4.79 Å². The van der Waals surface area contributed by atoms with Crippen LogP contribution in [0.4, 0.5) is 0 Å². The van der Waals surface area contributed by atoms with Crippen LogP contribution in [0, 0.1) is 0 Å². The summed E-state index contributed by atoms with van der Waals surface area (Å²) < 4.78 is 0. The largest absolute Gasteiger partial charge is 0.481 e. The van der Waals surface area contributed by atoms with E-state index in [0.29, 0.717) is 0 Å². The van der Waals surface area contributed by atoms with E-state index in [0.717, 1.165) is 0 Å². The van der Waals surface area contributed by atoms with Gasteiger partial charge >= 0.3 is 5.97 Å². The fourth-order valence-corrected chi connectivity index (χ4v) is 0.648. The number of carboxylic acids is 1. The average Bonchev–Trinajstić information content (AvgIpc) is 1.63. The number of halogens is 2. The van der Waals surface area contributed by atoms with Gasteiger partial charge in [-0.05, 0) is 0 Å². The Hall–Kier alpha value is 0.240. The van der Waals surface area contributed by atoms with E-state index in [4.69, 9.17) is 16.7 Å². The van der Waals surface area contributed by atoms with Gasteiger partial charge in [0.25, 0.3) is 0 Å². The van der Waals surface area contributed by atoms with Crippen molar-refractivity contribution in [2.45, 2.75) is 23.5 Å². The Kier molecular flexibility index (Phi) is 4.23. The lowest BCUT2D eigenvalue weighted by molar-refractivity contribution is -0.137. The van der Waals surface area contributed by atoms with Gasteiger partial charge in [0.2, 0.25) is 0 Å². The maximum atomic E-state index is 10.0. The Bertz CT molecular complexity index is 105. The summed E-state index contributed by atoms with van der Waals surface area (Å²) in [6.07, 6.45) is 0.00791. The lowest BCUT2D eigenvalue weighted by Gasteiger charge is -2.06. The van der Waals surface area contributed by atoms with Gasteiger partial charge in [0.05, 0.1) is 11.8 Å². The molecule has 0 saturated carbocycles. The molecule has 9 heavy (non-hydrogen) atoms. The molecule has 0 aromatic heterocycles. The number of hydrogen-bond acceptors (Lipinski definition) is 1. The zero-order chi connectivity index (χ0) is 7.44. The molecule has 0 saturated heterocycles. The molecule has 0 spiro atoms. The zero-order valence-electron chi connectivity index (χ0n) is 4.97. The van der Waals surface area contributed by atoms with E-state index >= 15 is 0 Å². The van der Waals surface area contributed by atoms with Crippen LogP contribution in [-0.4, -0.2) is 21.3 Å². The molecule has 0 aliphatic rings. The fourth-order valence-electron chi connectivity index (χ4n) is 0.329. The van der Waals surface area contributed by atoms with Crippen LogP contribution >= 0.6 is 27.5 Å². The number of carbonyl (C=O) groups is 1. The van der Waals surface area contributed by atoms with Crippen LogP contribution in [0.15, 0.2) is 0 Å². The Morgan fingerprint density at radius 1 is 1.89 bits per heavy atom. The molecule has 0 amide bonds. The molecule has 0 aromatic rings. The summed E-state index contributed by atoms with van der Waals surface area (Å²) in [5, 5.41) is 7.91. The lowest BCUT2D eigenvalue weighted by atomic mass is 10.2. The van der Waals surface area contributed by atoms with Gasteiger partial charge in [0, 0.05) is 4.83 Å². The SMILES string of the molecule is CC(Br)C(Cl)CC(=O)O. The number of hydrogen-bond donors (Lipinski definition) is 1. The van der Waals surface area contributed by atoms with Crippen molar-refractivity contribution in [3.05, 3.63) is 0 Å². The van der Waals surface area contributed by atoms with Crippen molar-refractivity contribution in [3.8, 4) is 0 Å². The number of alkyl halides is 2. The average molecular weight is 215 g/mol. The molecular weight excluding hydrogens is 207 g/mol. The number of carboxylic acid groups (broad SMARTS) is 1. The van der Waals surface area contributed by atoms with E-state index in [9.17, 15) is 4.79 Å². The first-order valence-electron chi connectivity index (χ1n) is 2.54. The number of aliphatic carboxylic acids is 1. The summed E-state index contributed by atoms with van der Waals surface area (Å²) in [6, 6.07) is 0. The van der Waals surface area contributed by atoms with Crippen LogP contribution in [0.3, 0.4) is 0 Å². The van der Waals surface area contributed by atoms with Gasteiger partial charge in [-0.25, -0.2) is 0 Å². The molecule has 0 aromatic carbocycles. The second-order valence-electron chi connectivity index (χ2n) is 1.79. The molecule has 0 bridgehead atoms. The summed E-state index contributed by atoms with van der Waals surface area (Å²) in [6.45, 7) is 1.82. The topological polar surface area (TPSA) is 37.3 Å². The summed E-state index contributed by atoms with van der Waals surface area (Å²) in [7, 11) is 0. The summed E-state index contributed by atoms with van der Waals surface area (Å²) in [4.78, 5) is 10.1. The van der Waals surface area contributed by atoms with Gasteiger partial charge in [-0.1, -0.05) is 22.9 Å². The third-order valence-corrected chi connectivity index (χ3v) is 2.34. The zero-order valence-corrected chi connectivity index (χ0v) is 7.32. The normalized spacial score (nSPS) is 16.8. The van der Waals surface area contributed by atoms with Crippen LogP contribution in [0.25, 0.3) is 0 Å². The second-order valence-corrected chi connectivity index (χ2v) is 3.80. The van der Waals surface area contributed by atoms with E-state index in [1.54, 1.807) is 0 Å². The van der Waals surface area contributed by atoms with Gasteiger partial charge in [-0.3, -0.25) is 4.79 Å². The molecule has 2 nitrogen and oxygen atoms in total. The van der Waals surface area contributed by atoms with Crippen molar-refractivity contribution in [3.63, 3.8) is 0 Å². The summed E-state index contributed by atoms with van der Waals surface area (Å²) in [5.74, 6) is -0.860. The van der Waals surface area contributed by atoms with Gasteiger partial charge in [0.1, 0.15) is 0 Å². The van der Waals surface area contributed by atoms with Gasteiger partial charge in [0.15, 0.2) is 0 Å². The maximum absolute atomic E-state index is 10.0. The van der Waals surface area contributed by atoms with Gasteiger partial charge in [-0.15, -0.1) is 11.6 Å². The molecule has 0 aliphatic carbocycles. The lowest BCUT2D eigenvalue weighted by Crippen LogP contribution is -2.14. The minimum Gasteiger partial charge on any atom is -0.481 e. The minimum absolute atomic E-state index is 0.00791. The van der Waals surface area contributed by atoms with Crippen molar-refractivity contribution in [1.82, 2.24) is 0 Å². The number of rotatable bonds is 3. The molecule has 2 atom stereocenters.